The van der Waals surface area contributed by atoms with Gasteiger partial charge in [0.2, 0.25) is 0 Å². The molecule has 70 valence electrons. The SMILES string of the molecule is CCc1cncc(-c2ccccc2)n1. The number of benzene rings is 1. The van der Waals surface area contributed by atoms with Crippen molar-refractivity contribution in [1.29, 1.82) is 0 Å². The fourth-order valence-electron chi connectivity index (χ4n) is 1.32. The van der Waals surface area contributed by atoms with Gasteiger partial charge in [-0.25, -0.2) is 4.98 Å². The van der Waals surface area contributed by atoms with Crippen molar-refractivity contribution in [2.45, 2.75) is 13.3 Å². The van der Waals surface area contributed by atoms with E-state index >= 15 is 0 Å². The maximum Gasteiger partial charge on any atom is 0.0888 e. The highest BCUT2D eigenvalue weighted by Gasteiger charge is 1.99. The molecule has 0 aliphatic rings. The second kappa shape index (κ2) is 4.01. The highest BCUT2D eigenvalue weighted by atomic mass is 14.8. The van der Waals surface area contributed by atoms with Crippen molar-refractivity contribution in [3.63, 3.8) is 0 Å². The highest BCUT2D eigenvalue weighted by molar-refractivity contribution is 5.57. The number of aryl methyl sites for hydroxylation is 1. The van der Waals surface area contributed by atoms with Gasteiger partial charge in [-0.3, -0.25) is 4.98 Å². The van der Waals surface area contributed by atoms with Gasteiger partial charge in [0.15, 0.2) is 0 Å². The third-order valence-electron chi connectivity index (χ3n) is 2.12. The van der Waals surface area contributed by atoms with Crippen LogP contribution < -0.4 is 0 Å². The second-order valence-corrected chi connectivity index (χ2v) is 3.12. The third kappa shape index (κ3) is 1.79. The molecule has 0 aliphatic heterocycles. The maximum atomic E-state index is 4.50. The fourth-order valence-corrected chi connectivity index (χ4v) is 1.32. The van der Waals surface area contributed by atoms with Crippen molar-refractivity contribution in [2.75, 3.05) is 0 Å². The van der Waals surface area contributed by atoms with E-state index in [1.165, 1.54) is 0 Å². The summed E-state index contributed by atoms with van der Waals surface area (Å²) in [6.07, 6.45) is 4.54. The zero-order valence-electron chi connectivity index (χ0n) is 8.14. The van der Waals surface area contributed by atoms with E-state index in [1.807, 2.05) is 36.5 Å². The van der Waals surface area contributed by atoms with Crippen LogP contribution >= 0.6 is 0 Å². The lowest BCUT2D eigenvalue weighted by Gasteiger charge is -2.01. The van der Waals surface area contributed by atoms with Gasteiger partial charge in [0.25, 0.3) is 0 Å². The lowest BCUT2D eigenvalue weighted by atomic mass is 10.1. The molecule has 0 atom stereocenters. The molecule has 1 aromatic carbocycles. The molecule has 2 rings (SSSR count). The van der Waals surface area contributed by atoms with Crippen LogP contribution in [0.25, 0.3) is 11.3 Å². The molecule has 1 aromatic heterocycles. The first-order valence-electron chi connectivity index (χ1n) is 4.76. The summed E-state index contributed by atoms with van der Waals surface area (Å²) in [6, 6.07) is 10.1. The molecule has 14 heavy (non-hydrogen) atoms. The molecule has 0 N–H and O–H groups in total. The van der Waals surface area contributed by atoms with E-state index in [9.17, 15) is 0 Å². The zero-order valence-corrected chi connectivity index (χ0v) is 8.14. The Morgan fingerprint density at radius 3 is 2.57 bits per heavy atom. The van der Waals surface area contributed by atoms with Crippen LogP contribution in [0.4, 0.5) is 0 Å². The van der Waals surface area contributed by atoms with Crippen molar-refractivity contribution < 1.29 is 0 Å². The Bertz CT molecular complexity index is 410. The molecule has 0 radical (unpaired) electrons. The molecule has 0 saturated carbocycles. The standard InChI is InChI=1S/C12H12N2/c1-2-11-8-13-9-12(14-11)10-6-4-3-5-7-10/h3-9H,2H2,1H3. The van der Waals surface area contributed by atoms with Crippen LogP contribution in [0.1, 0.15) is 12.6 Å². The molecule has 0 aliphatic carbocycles. The Balaban J connectivity index is 2.42. The molecule has 0 saturated heterocycles. The predicted octanol–water partition coefficient (Wildman–Crippen LogP) is 2.71. The fraction of sp³-hybridized carbons (Fsp3) is 0.167. The molecule has 0 amide bonds. The van der Waals surface area contributed by atoms with Crippen molar-refractivity contribution in [1.82, 2.24) is 9.97 Å². The molecule has 0 spiro atoms. The Morgan fingerprint density at radius 2 is 1.86 bits per heavy atom. The van der Waals surface area contributed by atoms with Gasteiger partial charge in [0.05, 0.1) is 17.6 Å². The molecular weight excluding hydrogens is 172 g/mol. The minimum atomic E-state index is 0.924. The third-order valence-corrected chi connectivity index (χ3v) is 2.12. The van der Waals surface area contributed by atoms with Gasteiger partial charge in [-0.15, -0.1) is 0 Å². The van der Waals surface area contributed by atoms with Crippen LogP contribution in [0.5, 0.6) is 0 Å². The highest BCUT2D eigenvalue weighted by Crippen LogP contribution is 2.15. The van der Waals surface area contributed by atoms with Crippen LogP contribution in [0.15, 0.2) is 42.7 Å². The van der Waals surface area contributed by atoms with Gasteiger partial charge in [-0.1, -0.05) is 37.3 Å². The number of rotatable bonds is 2. The van der Waals surface area contributed by atoms with Crippen molar-refractivity contribution in [3.8, 4) is 11.3 Å². The summed E-state index contributed by atoms with van der Waals surface area (Å²) in [5.41, 5.74) is 3.10. The van der Waals surface area contributed by atoms with Crippen LogP contribution in [-0.4, -0.2) is 9.97 Å². The average Bonchev–Trinajstić information content (AvgIpc) is 2.30. The number of hydrogen-bond acceptors (Lipinski definition) is 2. The minimum absolute atomic E-state index is 0.924. The number of nitrogens with zero attached hydrogens (tertiary/aromatic N) is 2. The Morgan fingerprint density at radius 1 is 1.07 bits per heavy atom. The smallest absolute Gasteiger partial charge is 0.0888 e. The quantitative estimate of drug-likeness (QED) is 0.717. The first kappa shape index (κ1) is 8.88. The molecular formula is C12H12N2. The lowest BCUT2D eigenvalue weighted by molar-refractivity contribution is 1.00. The zero-order chi connectivity index (χ0) is 9.80. The molecule has 1 heterocycles. The van der Waals surface area contributed by atoms with Crippen LogP contribution in [0.2, 0.25) is 0 Å². The largest absolute Gasteiger partial charge is 0.261 e. The van der Waals surface area contributed by atoms with Crippen molar-refractivity contribution >= 4 is 0 Å². The maximum absolute atomic E-state index is 4.50. The van der Waals surface area contributed by atoms with Gasteiger partial charge in [0, 0.05) is 11.8 Å². The van der Waals surface area contributed by atoms with Gasteiger partial charge >= 0.3 is 0 Å². The Kier molecular flexibility index (Phi) is 2.54. The Labute approximate surface area is 83.7 Å². The summed E-state index contributed by atoms with van der Waals surface area (Å²) in [7, 11) is 0. The molecule has 2 aromatic rings. The summed E-state index contributed by atoms with van der Waals surface area (Å²) in [6.45, 7) is 2.08. The average molecular weight is 184 g/mol. The first-order valence-corrected chi connectivity index (χ1v) is 4.76. The molecule has 0 unspecified atom stereocenters. The van der Waals surface area contributed by atoms with Gasteiger partial charge < -0.3 is 0 Å². The summed E-state index contributed by atoms with van der Waals surface area (Å²) >= 11 is 0. The second-order valence-electron chi connectivity index (χ2n) is 3.12. The normalized spacial score (nSPS) is 10.1. The Hall–Kier alpha value is -1.70. The van der Waals surface area contributed by atoms with E-state index in [4.69, 9.17) is 0 Å². The van der Waals surface area contributed by atoms with Crippen LogP contribution in [0.3, 0.4) is 0 Å². The van der Waals surface area contributed by atoms with E-state index in [0.29, 0.717) is 0 Å². The van der Waals surface area contributed by atoms with Crippen molar-refractivity contribution in [2.24, 2.45) is 0 Å². The summed E-state index contributed by atoms with van der Waals surface area (Å²) in [5, 5.41) is 0. The van der Waals surface area contributed by atoms with Gasteiger partial charge in [-0.05, 0) is 6.42 Å². The summed E-state index contributed by atoms with van der Waals surface area (Å²) in [4.78, 5) is 8.67. The molecule has 0 bridgehead atoms. The molecule has 2 heteroatoms. The minimum Gasteiger partial charge on any atom is -0.261 e. The number of hydrogen-bond donors (Lipinski definition) is 0. The monoisotopic (exact) mass is 184 g/mol. The van der Waals surface area contributed by atoms with E-state index in [-0.39, 0.29) is 0 Å². The summed E-state index contributed by atoms with van der Waals surface area (Å²) in [5.74, 6) is 0. The predicted molar refractivity (Wildman–Crippen MR) is 56.8 cm³/mol. The summed E-state index contributed by atoms with van der Waals surface area (Å²) < 4.78 is 0. The topological polar surface area (TPSA) is 25.8 Å². The molecule has 2 nitrogen and oxygen atoms in total. The van der Waals surface area contributed by atoms with E-state index < -0.39 is 0 Å². The van der Waals surface area contributed by atoms with Crippen LogP contribution in [-0.2, 0) is 6.42 Å². The van der Waals surface area contributed by atoms with E-state index in [2.05, 4.69) is 16.9 Å². The van der Waals surface area contributed by atoms with Crippen LogP contribution in [0, 0.1) is 0 Å². The first-order chi connectivity index (χ1) is 6.90. The van der Waals surface area contributed by atoms with Gasteiger partial charge in [0.1, 0.15) is 0 Å². The van der Waals surface area contributed by atoms with Crippen molar-refractivity contribution in [3.05, 3.63) is 48.4 Å². The number of aromatic nitrogens is 2. The van der Waals surface area contributed by atoms with E-state index in [1.54, 1.807) is 6.20 Å². The lowest BCUT2D eigenvalue weighted by Crippen LogP contribution is -1.91. The molecule has 0 fully saturated rings. The van der Waals surface area contributed by atoms with E-state index in [0.717, 1.165) is 23.4 Å². The van der Waals surface area contributed by atoms with Gasteiger partial charge in [-0.2, -0.15) is 0 Å².